The Labute approximate surface area is 211 Å². The van der Waals surface area contributed by atoms with Gasteiger partial charge in [-0.1, -0.05) is 81.2 Å². The standard InChI is InChI=1S/C27H44IN3Si/c1-17(32(7,8)9)16-29-27(6)24(26(27,5)28)30-21-15-14-19-12-10-11-13-20(19)22(21)31-23-18(2)25(23,3)4/h10,12,14-15,17,19-20,24,29-31H,11,13,16H2,1-9H3. The summed E-state index contributed by atoms with van der Waals surface area (Å²) in [6.07, 6.45) is 11.9. The van der Waals surface area contributed by atoms with Crippen LogP contribution in [0.1, 0.15) is 54.4 Å². The molecule has 4 rings (SSSR count). The molecule has 0 aromatic carbocycles. The lowest BCUT2D eigenvalue weighted by Crippen LogP contribution is -2.43. The maximum absolute atomic E-state index is 4.02. The number of alkyl halides is 1. The van der Waals surface area contributed by atoms with Gasteiger partial charge in [0.25, 0.3) is 0 Å². The van der Waals surface area contributed by atoms with E-state index in [0.717, 1.165) is 12.1 Å². The maximum Gasteiger partial charge on any atom is 0.0616 e. The topological polar surface area (TPSA) is 36.1 Å². The first-order valence-corrected chi connectivity index (χ1v) is 17.1. The summed E-state index contributed by atoms with van der Waals surface area (Å²) in [5, 5.41) is 11.9. The van der Waals surface area contributed by atoms with Gasteiger partial charge in [0.2, 0.25) is 0 Å². The van der Waals surface area contributed by atoms with Gasteiger partial charge in [-0.15, -0.1) is 0 Å². The molecule has 5 heteroatoms. The smallest absolute Gasteiger partial charge is 0.0616 e. The minimum Gasteiger partial charge on any atom is -0.378 e. The van der Waals surface area contributed by atoms with Gasteiger partial charge >= 0.3 is 0 Å². The SMILES string of the molecule is CC1=C(NC2=C(NC3C(C)(I)C3(C)NCC(C)[Si](C)(C)C)C=CC3C=CCCC23)C1(C)C. The van der Waals surface area contributed by atoms with Crippen LogP contribution in [0.25, 0.3) is 0 Å². The Morgan fingerprint density at radius 3 is 2.41 bits per heavy atom. The second kappa shape index (κ2) is 8.01. The summed E-state index contributed by atoms with van der Waals surface area (Å²) >= 11 is 2.68. The largest absolute Gasteiger partial charge is 0.378 e. The third kappa shape index (κ3) is 4.08. The Morgan fingerprint density at radius 1 is 1.16 bits per heavy atom. The molecule has 3 N–H and O–H groups in total. The van der Waals surface area contributed by atoms with Crippen LogP contribution in [0, 0.1) is 17.3 Å². The average Bonchev–Trinajstić information content (AvgIpc) is 3.37. The molecule has 32 heavy (non-hydrogen) atoms. The van der Waals surface area contributed by atoms with Crippen molar-refractivity contribution in [2.24, 2.45) is 17.3 Å². The number of hydrogen-bond acceptors (Lipinski definition) is 3. The van der Waals surface area contributed by atoms with Crippen molar-refractivity contribution >= 4 is 30.7 Å². The first kappa shape index (κ1) is 24.6. The summed E-state index contributed by atoms with van der Waals surface area (Å²) in [5.74, 6) is 1.07. The molecule has 4 aliphatic rings. The van der Waals surface area contributed by atoms with E-state index in [1.54, 1.807) is 0 Å². The highest BCUT2D eigenvalue weighted by atomic mass is 127. The second-order valence-electron chi connectivity index (χ2n) is 12.6. The molecule has 0 aliphatic heterocycles. The molecule has 178 valence electrons. The van der Waals surface area contributed by atoms with Crippen LogP contribution in [0.2, 0.25) is 25.2 Å². The normalized spacial score (nSPS) is 38.5. The molecule has 0 heterocycles. The summed E-state index contributed by atoms with van der Waals surface area (Å²) in [7, 11) is -1.13. The van der Waals surface area contributed by atoms with Crippen LogP contribution in [0.4, 0.5) is 0 Å². The number of hydrogen-bond donors (Lipinski definition) is 3. The quantitative estimate of drug-likeness (QED) is 0.136. The molecule has 0 aromatic heterocycles. The fraction of sp³-hybridized carbons (Fsp3) is 0.704. The van der Waals surface area contributed by atoms with Crippen LogP contribution in [-0.2, 0) is 0 Å². The molecule has 0 saturated heterocycles. The van der Waals surface area contributed by atoms with Gasteiger partial charge in [0.05, 0.1) is 20.7 Å². The third-order valence-corrected chi connectivity index (χ3v) is 14.3. The van der Waals surface area contributed by atoms with Gasteiger partial charge in [-0.3, -0.25) is 0 Å². The lowest BCUT2D eigenvalue weighted by molar-refractivity contribution is 0.430. The molecule has 3 nitrogen and oxygen atoms in total. The maximum atomic E-state index is 4.02. The van der Waals surface area contributed by atoms with Crippen LogP contribution < -0.4 is 16.0 Å². The molecular weight excluding hydrogens is 521 g/mol. The van der Waals surface area contributed by atoms with E-state index in [1.165, 1.54) is 35.5 Å². The first-order chi connectivity index (χ1) is 14.7. The molecule has 1 saturated carbocycles. The fourth-order valence-electron chi connectivity index (χ4n) is 5.35. The zero-order valence-electron chi connectivity index (χ0n) is 21.6. The zero-order chi connectivity index (χ0) is 23.7. The van der Waals surface area contributed by atoms with Crippen LogP contribution >= 0.6 is 22.6 Å². The van der Waals surface area contributed by atoms with E-state index in [9.17, 15) is 0 Å². The van der Waals surface area contributed by atoms with Gasteiger partial charge in [0, 0.05) is 36.7 Å². The Bertz CT molecular complexity index is 904. The lowest BCUT2D eigenvalue weighted by atomic mass is 9.78. The Morgan fingerprint density at radius 2 is 1.81 bits per heavy atom. The van der Waals surface area contributed by atoms with Gasteiger partial charge in [-0.25, -0.2) is 0 Å². The van der Waals surface area contributed by atoms with E-state index in [1.807, 2.05) is 0 Å². The van der Waals surface area contributed by atoms with E-state index in [2.05, 4.69) is 124 Å². The summed E-state index contributed by atoms with van der Waals surface area (Å²) in [4.78, 5) is 0. The van der Waals surface area contributed by atoms with Gasteiger partial charge < -0.3 is 16.0 Å². The highest BCUT2D eigenvalue weighted by Gasteiger charge is 2.70. The summed E-state index contributed by atoms with van der Waals surface area (Å²) < 4.78 is 0.188. The zero-order valence-corrected chi connectivity index (χ0v) is 24.8. The predicted octanol–water partition coefficient (Wildman–Crippen LogP) is 6.50. The van der Waals surface area contributed by atoms with Gasteiger partial charge in [-0.05, 0) is 57.3 Å². The molecule has 0 bridgehead atoms. The van der Waals surface area contributed by atoms with Gasteiger partial charge in [0.15, 0.2) is 0 Å². The molecule has 0 spiro atoms. The fourth-order valence-corrected chi connectivity index (χ4v) is 7.19. The van der Waals surface area contributed by atoms with Crippen molar-refractivity contribution in [3.63, 3.8) is 0 Å². The van der Waals surface area contributed by atoms with Gasteiger partial charge in [0.1, 0.15) is 0 Å². The lowest BCUT2D eigenvalue weighted by Gasteiger charge is -2.34. The van der Waals surface area contributed by atoms with Crippen molar-refractivity contribution in [2.45, 2.75) is 94.6 Å². The molecule has 6 atom stereocenters. The molecule has 6 unspecified atom stereocenters. The van der Waals surface area contributed by atoms with Crippen LogP contribution in [-0.4, -0.2) is 29.6 Å². The first-order valence-electron chi connectivity index (χ1n) is 12.5. The minimum absolute atomic E-state index is 0.102. The molecular formula is C27H44IN3Si. The number of allylic oxidation sites excluding steroid dienone is 7. The molecule has 0 radical (unpaired) electrons. The number of halogens is 1. The van der Waals surface area contributed by atoms with Crippen molar-refractivity contribution in [1.29, 1.82) is 0 Å². The Balaban J connectivity index is 1.55. The predicted molar refractivity (Wildman–Crippen MR) is 150 cm³/mol. The Hall–Kier alpha value is -0.533. The van der Waals surface area contributed by atoms with Crippen molar-refractivity contribution in [2.75, 3.05) is 6.54 Å². The summed E-state index contributed by atoms with van der Waals surface area (Å²) in [6, 6.07) is 0.416. The van der Waals surface area contributed by atoms with Crippen molar-refractivity contribution in [3.8, 4) is 0 Å². The minimum atomic E-state index is -1.13. The molecule has 1 fully saturated rings. The highest BCUT2D eigenvalue weighted by molar-refractivity contribution is 14.1. The monoisotopic (exact) mass is 565 g/mol. The van der Waals surface area contributed by atoms with Gasteiger partial charge in [-0.2, -0.15) is 0 Å². The van der Waals surface area contributed by atoms with E-state index in [0.29, 0.717) is 17.9 Å². The molecule has 0 amide bonds. The van der Waals surface area contributed by atoms with E-state index < -0.39 is 8.07 Å². The van der Waals surface area contributed by atoms with Crippen molar-refractivity contribution in [1.82, 2.24) is 16.0 Å². The highest BCUT2D eigenvalue weighted by Crippen LogP contribution is 2.56. The number of fused-ring (bicyclic) bond motifs is 1. The van der Waals surface area contributed by atoms with E-state index in [4.69, 9.17) is 0 Å². The van der Waals surface area contributed by atoms with Crippen LogP contribution in [0.15, 0.2) is 47.0 Å². The second-order valence-corrected chi connectivity index (χ2v) is 20.6. The van der Waals surface area contributed by atoms with Crippen molar-refractivity contribution < 1.29 is 0 Å². The van der Waals surface area contributed by atoms with Crippen LogP contribution in [0.5, 0.6) is 0 Å². The Kier molecular flexibility index (Phi) is 6.15. The third-order valence-electron chi connectivity index (χ3n) is 9.35. The number of rotatable bonds is 8. The van der Waals surface area contributed by atoms with E-state index >= 15 is 0 Å². The average molecular weight is 566 g/mol. The number of nitrogens with one attached hydrogen (secondary N) is 3. The molecule has 4 aliphatic carbocycles. The summed E-state index contributed by atoms with van der Waals surface area (Å²) in [6.45, 7) is 22.7. The van der Waals surface area contributed by atoms with E-state index in [-0.39, 0.29) is 14.4 Å². The summed E-state index contributed by atoms with van der Waals surface area (Å²) in [5.41, 5.74) is 6.73. The van der Waals surface area contributed by atoms with Crippen molar-refractivity contribution in [3.05, 3.63) is 47.0 Å². The molecule has 0 aromatic rings. The van der Waals surface area contributed by atoms with Crippen LogP contribution in [0.3, 0.4) is 0 Å².